The van der Waals surface area contributed by atoms with E-state index in [1.165, 1.54) is 4.90 Å². The second kappa shape index (κ2) is 5.53. The van der Waals surface area contributed by atoms with Crippen LogP contribution < -0.4 is 4.90 Å². The summed E-state index contributed by atoms with van der Waals surface area (Å²) >= 11 is 0. The summed E-state index contributed by atoms with van der Waals surface area (Å²) in [5.74, 6) is -0.722. The Labute approximate surface area is 145 Å². The van der Waals surface area contributed by atoms with Crippen LogP contribution in [0.4, 0.5) is 5.69 Å². The van der Waals surface area contributed by atoms with E-state index in [1.54, 1.807) is 37.4 Å². The number of fused-ring (bicyclic) bond motifs is 2. The van der Waals surface area contributed by atoms with Crippen molar-refractivity contribution in [3.8, 4) is 0 Å². The first-order valence-corrected chi connectivity index (χ1v) is 8.13. The van der Waals surface area contributed by atoms with E-state index < -0.39 is 11.5 Å². The third-order valence-corrected chi connectivity index (χ3v) is 4.88. The minimum atomic E-state index is -1.82. The van der Waals surface area contributed by atoms with Crippen molar-refractivity contribution in [1.29, 1.82) is 0 Å². The topological polar surface area (TPSA) is 57.6 Å². The lowest BCUT2D eigenvalue weighted by atomic mass is 9.87. The molecule has 1 heterocycles. The van der Waals surface area contributed by atoms with Gasteiger partial charge >= 0.3 is 0 Å². The van der Waals surface area contributed by atoms with Crippen LogP contribution in [0.3, 0.4) is 0 Å². The number of nitrogens with zero attached hydrogens (tertiary/aromatic N) is 1. The summed E-state index contributed by atoms with van der Waals surface area (Å²) in [5, 5.41) is 12.9. The smallest absolute Gasteiger partial charge is 0.263 e. The minimum Gasteiger partial charge on any atom is -0.375 e. The number of hydrogen-bond acceptors (Lipinski definition) is 3. The Bertz CT molecular complexity index is 1010. The Morgan fingerprint density at radius 3 is 2.52 bits per heavy atom. The van der Waals surface area contributed by atoms with E-state index in [2.05, 4.69) is 0 Å². The average Bonchev–Trinajstić information content (AvgIpc) is 2.83. The quantitative estimate of drug-likeness (QED) is 0.749. The molecule has 1 aliphatic rings. The molecule has 1 amide bonds. The van der Waals surface area contributed by atoms with Crippen molar-refractivity contribution in [2.45, 2.75) is 12.0 Å². The zero-order valence-electron chi connectivity index (χ0n) is 13.8. The van der Waals surface area contributed by atoms with Gasteiger partial charge in [0.05, 0.1) is 12.1 Å². The number of rotatable bonds is 3. The predicted octanol–water partition coefficient (Wildman–Crippen LogP) is 3.28. The van der Waals surface area contributed by atoms with Crippen molar-refractivity contribution in [3.63, 3.8) is 0 Å². The standard InChI is InChI=1S/C21H17NO3/c1-22-18-12-5-4-11-17(18)21(25,20(22)24)13-19(23)16-10-6-8-14-7-2-3-9-15(14)16/h2-12,25H,13H2,1H3. The fraction of sp³-hybridized carbons (Fsp3) is 0.143. The van der Waals surface area contributed by atoms with Gasteiger partial charge in [0.15, 0.2) is 11.4 Å². The van der Waals surface area contributed by atoms with Crippen molar-refractivity contribution < 1.29 is 14.7 Å². The molecule has 0 bridgehead atoms. The molecular formula is C21H17NO3. The minimum absolute atomic E-state index is 0.252. The van der Waals surface area contributed by atoms with E-state index in [-0.39, 0.29) is 12.2 Å². The second-order valence-electron chi connectivity index (χ2n) is 6.37. The number of amides is 1. The van der Waals surface area contributed by atoms with Crippen LogP contribution in [0, 0.1) is 0 Å². The summed E-state index contributed by atoms with van der Waals surface area (Å²) in [7, 11) is 1.61. The molecule has 0 saturated heterocycles. The van der Waals surface area contributed by atoms with Crippen molar-refractivity contribution >= 4 is 28.2 Å². The first-order chi connectivity index (χ1) is 12.0. The molecule has 0 radical (unpaired) electrons. The summed E-state index contributed by atoms with van der Waals surface area (Å²) in [6.45, 7) is 0. The van der Waals surface area contributed by atoms with Gasteiger partial charge in [-0.15, -0.1) is 0 Å². The van der Waals surface area contributed by atoms with Crippen LogP contribution in [0.1, 0.15) is 22.3 Å². The Balaban J connectivity index is 1.77. The third kappa shape index (κ3) is 2.26. The van der Waals surface area contributed by atoms with E-state index in [1.807, 2.05) is 36.4 Å². The molecule has 1 unspecified atom stereocenters. The van der Waals surface area contributed by atoms with Gasteiger partial charge in [0.2, 0.25) is 0 Å². The summed E-state index contributed by atoms with van der Waals surface area (Å²) in [4.78, 5) is 27.0. The van der Waals surface area contributed by atoms with Gasteiger partial charge in [0.25, 0.3) is 5.91 Å². The molecule has 1 N–H and O–H groups in total. The summed E-state index contributed by atoms with van der Waals surface area (Å²) in [5.41, 5.74) is -0.178. The molecule has 0 saturated carbocycles. The molecule has 0 fully saturated rings. The maximum absolute atomic E-state index is 13.0. The lowest BCUT2D eigenvalue weighted by Gasteiger charge is -2.21. The number of likely N-dealkylation sites (N-methyl/N-ethyl adjacent to an activating group) is 1. The van der Waals surface area contributed by atoms with Crippen molar-refractivity contribution in [3.05, 3.63) is 77.9 Å². The highest BCUT2D eigenvalue weighted by molar-refractivity contribution is 6.13. The Morgan fingerprint density at radius 1 is 1.00 bits per heavy atom. The Kier molecular flexibility index (Phi) is 3.44. The van der Waals surface area contributed by atoms with Crippen LogP contribution >= 0.6 is 0 Å². The SMILES string of the molecule is CN1C(=O)C(O)(CC(=O)c2cccc3ccccc23)c2ccccc21. The Morgan fingerprint density at radius 2 is 1.68 bits per heavy atom. The molecule has 0 spiro atoms. The Hall–Kier alpha value is -2.98. The molecular weight excluding hydrogens is 314 g/mol. The van der Waals surface area contributed by atoms with Gasteiger partial charge in [-0.05, 0) is 16.8 Å². The van der Waals surface area contributed by atoms with E-state index in [0.717, 1.165) is 10.8 Å². The van der Waals surface area contributed by atoms with Gasteiger partial charge in [-0.2, -0.15) is 0 Å². The summed E-state index contributed by atoms with van der Waals surface area (Å²) in [6, 6.07) is 20.1. The van der Waals surface area contributed by atoms with E-state index in [4.69, 9.17) is 0 Å². The average molecular weight is 331 g/mol. The van der Waals surface area contributed by atoms with Crippen LogP contribution in [-0.4, -0.2) is 23.8 Å². The van der Waals surface area contributed by atoms with E-state index >= 15 is 0 Å². The molecule has 124 valence electrons. The zero-order valence-corrected chi connectivity index (χ0v) is 13.8. The van der Waals surface area contributed by atoms with E-state index in [9.17, 15) is 14.7 Å². The normalized spacial score (nSPS) is 19.3. The number of carbonyl (C=O) groups excluding carboxylic acids is 2. The lowest BCUT2D eigenvalue weighted by Crippen LogP contribution is -2.40. The van der Waals surface area contributed by atoms with Gasteiger partial charge in [0.1, 0.15) is 0 Å². The van der Waals surface area contributed by atoms with Crippen molar-refractivity contribution in [2.24, 2.45) is 0 Å². The summed E-state index contributed by atoms with van der Waals surface area (Å²) in [6.07, 6.45) is -0.277. The number of aliphatic hydroxyl groups is 1. The largest absolute Gasteiger partial charge is 0.375 e. The predicted molar refractivity (Wildman–Crippen MR) is 96.6 cm³/mol. The molecule has 1 aliphatic heterocycles. The zero-order chi connectivity index (χ0) is 17.6. The monoisotopic (exact) mass is 331 g/mol. The van der Waals surface area contributed by atoms with Crippen LogP contribution in [0.5, 0.6) is 0 Å². The first-order valence-electron chi connectivity index (χ1n) is 8.13. The van der Waals surface area contributed by atoms with Gasteiger partial charge in [0, 0.05) is 18.2 Å². The number of hydrogen-bond donors (Lipinski definition) is 1. The van der Waals surface area contributed by atoms with Gasteiger partial charge in [-0.25, -0.2) is 0 Å². The number of Topliss-reactive ketones (excluding diaryl/α,β-unsaturated/α-hetero) is 1. The van der Waals surface area contributed by atoms with Gasteiger partial charge in [-0.1, -0.05) is 60.7 Å². The lowest BCUT2D eigenvalue weighted by molar-refractivity contribution is -0.135. The maximum Gasteiger partial charge on any atom is 0.263 e. The second-order valence-corrected chi connectivity index (χ2v) is 6.37. The van der Waals surface area contributed by atoms with Gasteiger partial charge in [-0.3, -0.25) is 9.59 Å². The highest BCUT2D eigenvalue weighted by atomic mass is 16.3. The van der Waals surface area contributed by atoms with Crippen LogP contribution in [0.25, 0.3) is 10.8 Å². The highest BCUT2D eigenvalue weighted by Gasteiger charge is 2.49. The number of anilines is 1. The summed E-state index contributed by atoms with van der Waals surface area (Å²) < 4.78 is 0. The van der Waals surface area contributed by atoms with Crippen LogP contribution in [-0.2, 0) is 10.4 Å². The number of para-hydroxylation sites is 1. The molecule has 25 heavy (non-hydrogen) atoms. The molecule has 0 aromatic heterocycles. The highest BCUT2D eigenvalue weighted by Crippen LogP contribution is 2.42. The molecule has 4 nitrogen and oxygen atoms in total. The number of ketones is 1. The molecule has 3 aromatic carbocycles. The van der Waals surface area contributed by atoms with Gasteiger partial charge < -0.3 is 10.0 Å². The van der Waals surface area contributed by atoms with E-state index in [0.29, 0.717) is 16.8 Å². The molecule has 3 aromatic rings. The molecule has 0 aliphatic carbocycles. The fourth-order valence-electron chi connectivity index (χ4n) is 3.58. The van der Waals surface area contributed by atoms with Crippen molar-refractivity contribution in [1.82, 2.24) is 0 Å². The number of benzene rings is 3. The molecule has 1 atom stereocenters. The van der Waals surface area contributed by atoms with Crippen LogP contribution in [0.15, 0.2) is 66.7 Å². The third-order valence-electron chi connectivity index (χ3n) is 4.88. The first kappa shape index (κ1) is 15.5. The van der Waals surface area contributed by atoms with Crippen molar-refractivity contribution in [2.75, 3.05) is 11.9 Å². The maximum atomic E-state index is 13.0. The number of carbonyl (C=O) groups is 2. The van der Waals surface area contributed by atoms with Crippen LogP contribution in [0.2, 0.25) is 0 Å². The molecule has 4 rings (SSSR count). The fourth-order valence-corrected chi connectivity index (χ4v) is 3.58. The molecule has 4 heteroatoms.